The van der Waals surface area contributed by atoms with Gasteiger partial charge in [-0.05, 0) is 31.4 Å². The standard InChI is InChI=1S/C17H22Cl2N2O5S/c18-14-10-15(19)16(27(24,25)20-5-7-26-8-6-20)9-13(14)17(23)21-4-2-1-3-12(21)11-22/h9-10,12,22H,1-8,11H2/t12-/m0/s1. The average Bonchev–Trinajstić information content (AvgIpc) is 2.68. The second-order valence-electron chi connectivity index (χ2n) is 6.61. The second-order valence-corrected chi connectivity index (χ2v) is 9.33. The first-order chi connectivity index (χ1) is 12.9. The molecule has 7 nitrogen and oxygen atoms in total. The summed E-state index contributed by atoms with van der Waals surface area (Å²) in [5.41, 5.74) is 0.0771. The summed E-state index contributed by atoms with van der Waals surface area (Å²) in [5.74, 6) is -0.395. The number of carbonyl (C=O) groups excluding carboxylic acids is 1. The molecule has 0 aliphatic carbocycles. The van der Waals surface area contributed by atoms with Crippen molar-refractivity contribution in [3.63, 3.8) is 0 Å². The molecule has 0 bridgehead atoms. The molecular weight excluding hydrogens is 415 g/mol. The molecule has 1 amide bonds. The van der Waals surface area contributed by atoms with Crippen LogP contribution in [0.5, 0.6) is 0 Å². The maximum Gasteiger partial charge on any atom is 0.255 e. The number of halogens is 2. The van der Waals surface area contributed by atoms with E-state index in [2.05, 4.69) is 0 Å². The second kappa shape index (κ2) is 8.63. The van der Waals surface area contributed by atoms with E-state index in [-0.39, 0.29) is 46.2 Å². The summed E-state index contributed by atoms with van der Waals surface area (Å²) in [7, 11) is -3.87. The Morgan fingerprint density at radius 1 is 1.15 bits per heavy atom. The predicted molar refractivity (Wildman–Crippen MR) is 102 cm³/mol. The fraction of sp³-hybridized carbons (Fsp3) is 0.588. The van der Waals surface area contributed by atoms with Crippen molar-refractivity contribution in [2.45, 2.75) is 30.2 Å². The van der Waals surface area contributed by atoms with Crippen LogP contribution in [-0.4, -0.2) is 74.1 Å². The zero-order valence-electron chi connectivity index (χ0n) is 14.7. The van der Waals surface area contributed by atoms with E-state index in [9.17, 15) is 18.3 Å². The van der Waals surface area contributed by atoms with Crippen LogP contribution in [0, 0.1) is 0 Å². The molecule has 150 valence electrons. The highest BCUT2D eigenvalue weighted by Gasteiger charge is 2.32. The summed E-state index contributed by atoms with van der Waals surface area (Å²) in [5, 5.41) is 9.63. The maximum absolute atomic E-state index is 13.0. The Kier molecular flexibility index (Phi) is 6.66. The molecule has 1 aromatic carbocycles. The molecule has 2 saturated heterocycles. The van der Waals surface area contributed by atoms with Crippen LogP contribution in [0.25, 0.3) is 0 Å². The van der Waals surface area contributed by atoms with Crippen molar-refractivity contribution in [3.05, 3.63) is 27.7 Å². The van der Waals surface area contributed by atoms with Crippen LogP contribution in [0.4, 0.5) is 0 Å². The van der Waals surface area contributed by atoms with Crippen LogP contribution in [0.1, 0.15) is 29.6 Å². The first kappa shape index (κ1) is 20.8. The first-order valence-electron chi connectivity index (χ1n) is 8.85. The fourth-order valence-corrected chi connectivity index (χ4v) is 5.67. The van der Waals surface area contributed by atoms with Gasteiger partial charge in [0.1, 0.15) is 4.90 Å². The Morgan fingerprint density at radius 3 is 2.52 bits per heavy atom. The smallest absolute Gasteiger partial charge is 0.255 e. The Morgan fingerprint density at radius 2 is 1.85 bits per heavy atom. The lowest BCUT2D eigenvalue weighted by Crippen LogP contribution is -2.45. The SMILES string of the molecule is O=C(c1cc(S(=O)(=O)N2CCOCC2)c(Cl)cc1Cl)N1CCCC[C@H]1CO. The van der Waals surface area contributed by atoms with Crippen molar-refractivity contribution in [1.29, 1.82) is 0 Å². The molecule has 0 unspecified atom stereocenters. The molecule has 10 heteroatoms. The molecular formula is C17H22Cl2N2O5S. The number of hydrogen-bond acceptors (Lipinski definition) is 5. The van der Waals surface area contributed by atoms with Gasteiger partial charge in [-0.2, -0.15) is 4.31 Å². The molecule has 0 spiro atoms. The monoisotopic (exact) mass is 436 g/mol. The number of aliphatic hydroxyl groups is 1. The van der Waals surface area contributed by atoms with E-state index in [0.717, 1.165) is 12.8 Å². The van der Waals surface area contributed by atoms with Crippen LogP contribution in [-0.2, 0) is 14.8 Å². The minimum Gasteiger partial charge on any atom is -0.394 e. The normalized spacial score (nSPS) is 22.0. The van der Waals surface area contributed by atoms with Gasteiger partial charge in [-0.3, -0.25) is 4.79 Å². The number of aliphatic hydroxyl groups excluding tert-OH is 1. The molecule has 27 heavy (non-hydrogen) atoms. The van der Waals surface area contributed by atoms with Crippen molar-refractivity contribution in [1.82, 2.24) is 9.21 Å². The zero-order valence-corrected chi connectivity index (χ0v) is 17.1. The van der Waals surface area contributed by atoms with Gasteiger partial charge in [0.25, 0.3) is 5.91 Å². The highest BCUT2D eigenvalue weighted by molar-refractivity contribution is 7.89. The van der Waals surface area contributed by atoms with Gasteiger partial charge in [0.2, 0.25) is 10.0 Å². The van der Waals surface area contributed by atoms with E-state index < -0.39 is 15.9 Å². The van der Waals surface area contributed by atoms with Crippen molar-refractivity contribution in [2.24, 2.45) is 0 Å². The van der Waals surface area contributed by atoms with E-state index in [4.69, 9.17) is 27.9 Å². The number of sulfonamides is 1. The molecule has 0 saturated carbocycles. The molecule has 2 aliphatic heterocycles. The van der Waals surface area contributed by atoms with Gasteiger partial charge in [0.15, 0.2) is 0 Å². The molecule has 0 radical (unpaired) electrons. The summed E-state index contributed by atoms with van der Waals surface area (Å²) in [4.78, 5) is 14.4. The summed E-state index contributed by atoms with van der Waals surface area (Å²) in [6.45, 7) is 1.42. The van der Waals surface area contributed by atoms with Crippen LogP contribution in [0.15, 0.2) is 17.0 Å². The molecule has 1 N–H and O–H groups in total. The molecule has 1 aromatic rings. The van der Waals surface area contributed by atoms with Crippen LogP contribution in [0.2, 0.25) is 10.0 Å². The minimum absolute atomic E-state index is 0.0274. The van der Waals surface area contributed by atoms with E-state index >= 15 is 0 Å². The van der Waals surface area contributed by atoms with Gasteiger partial charge >= 0.3 is 0 Å². The quantitative estimate of drug-likeness (QED) is 0.779. The van der Waals surface area contributed by atoms with Crippen LogP contribution < -0.4 is 0 Å². The molecule has 0 aromatic heterocycles. The highest BCUT2D eigenvalue weighted by Crippen LogP contribution is 2.32. The highest BCUT2D eigenvalue weighted by atomic mass is 35.5. The lowest BCUT2D eigenvalue weighted by atomic mass is 10.0. The zero-order chi connectivity index (χ0) is 19.6. The Bertz CT molecular complexity index is 812. The van der Waals surface area contributed by atoms with Crippen molar-refractivity contribution >= 4 is 39.1 Å². The number of morpholine rings is 1. The van der Waals surface area contributed by atoms with E-state index in [1.54, 1.807) is 4.90 Å². The lowest BCUT2D eigenvalue weighted by Gasteiger charge is -2.35. The Labute approximate surface area is 168 Å². The van der Waals surface area contributed by atoms with Gasteiger partial charge in [-0.25, -0.2) is 8.42 Å². The largest absolute Gasteiger partial charge is 0.394 e. The van der Waals surface area contributed by atoms with Crippen molar-refractivity contribution in [3.8, 4) is 0 Å². The summed E-state index contributed by atoms with van der Waals surface area (Å²) >= 11 is 12.4. The fourth-order valence-electron chi connectivity index (χ4n) is 3.43. The van der Waals surface area contributed by atoms with Gasteiger partial charge in [0, 0.05) is 19.6 Å². The third-order valence-electron chi connectivity index (χ3n) is 4.94. The number of rotatable bonds is 4. The van der Waals surface area contributed by atoms with Gasteiger partial charge in [-0.1, -0.05) is 23.2 Å². The summed E-state index contributed by atoms with van der Waals surface area (Å²) in [6.07, 6.45) is 2.46. The molecule has 2 heterocycles. The number of amides is 1. The maximum atomic E-state index is 13.0. The Hall–Kier alpha value is -0.900. The van der Waals surface area contributed by atoms with Crippen LogP contribution in [0.3, 0.4) is 0 Å². The summed E-state index contributed by atoms with van der Waals surface area (Å²) in [6, 6.07) is 2.25. The van der Waals surface area contributed by atoms with Crippen molar-refractivity contribution < 1.29 is 23.1 Å². The molecule has 2 aliphatic rings. The first-order valence-corrected chi connectivity index (χ1v) is 11.0. The topological polar surface area (TPSA) is 87.2 Å². The number of nitrogens with zero attached hydrogens (tertiary/aromatic N) is 2. The summed E-state index contributed by atoms with van der Waals surface area (Å²) < 4.78 is 32.4. The molecule has 1 atom stereocenters. The Balaban J connectivity index is 1.97. The average molecular weight is 437 g/mol. The van der Waals surface area contributed by atoms with Crippen LogP contribution >= 0.6 is 23.2 Å². The van der Waals surface area contributed by atoms with Gasteiger partial charge in [0.05, 0.1) is 41.5 Å². The van der Waals surface area contributed by atoms with E-state index in [1.807, 2.05) is 0 Å². The lowest BCUT2D eigenvalue weighted by molar-refractivity contribution is 0.0503. The number of likely N-dealkylation sites (tertiary alicyclic amines) is 1. The number of hydrogen-bond donors (Lipinski definition) is 1. The van der Waals surface area contributed by atoms with E-state index in [0.29, 0.717) is 26.2 Å². The molecule has 3 rings (SSSR count). The predicted octanol–water partition coefficient (Wildman–Crippen LogP) is 2.00. The third-order valence-corrected chi connectivity index (χ3v) is 7.61. The van der Waals surface area contributed by atoms with E-state index in [1.165, 1.54) is 16.4 Å². The number of ether oxygens (including phenoxy) is 1. The van der Waals surface area contributed by atoms with Gasteiger partial charge < -0.3 is 14.7 Å². The number of benzene rings is 1. The van der Waals surface area contributed by atoms with Crippen molar-refractivity contribution in [2.75, 3.05) is 39.5 Å². The van der Waals surface area contributed by atoms with Gasteiger partial charge in [-0.15, -0.1) is 0 Å². The number of carbonyl (C=O) groups is 1. The molecule has 2 fully saturated rings. The number of piperidine rings is 1. The minimum atomic E-state index is -3.87. The third kappa shape index (κ3) is 4.26.